The van der Waals surface area contributed by atoms with Gasteiger partial charge in [0.15, 0.2) is 11.9 Å². The van der Waals surface area contributed by atoms with Gasteiger partial charge in [0.25, 0.3) is 0 Å². The summed E-state index contributed by atoms with van der Waals surface area (Å²) < 4.78 is 17.4. The molecule has 19 nitrogen and oxygen atoms in total. The molecule has 5 N–H and O–H groups in total. The number of ketones is 1. The molecule has 1 unspecified atom stereocenters. The first-order valence-electron chi connectivity index (χ1n) is 26.5. The standard InChI is InChI=1S/C54H89N7O12/c1-15-17-24-55-54(70)60(13)42(27-32(5)6)50(66)58-40-30-56-46(34(9)16-2)44(62)29-45(63)73-48(33(7)8)47(64)35(10)49(65)57-39(26-31(3)4)51(67)61-25-18-19-41(61)52(68)59(12)43(53(69)72-36(40)11)28-37-20-22-38(71-14)23-21-37/h20-23,31-36,39-44,46,48,56,62H,15-19,24-30H2,1-14H3,(H,55,70)(H,57,65)(H,58,66)/t34-,35-,36+,39-,40+,41?,42+,43-,44-,46+,48-/m0/s1. The number of nitrogens with one attached hydrogen (secondary N) is 4. The molecule has 412 valence electrons. The fourth-order valence-electron chi connectivity index (χ4n) is 9.33. The number of ether oxygens (including phenoxy) is 3. The number of fused-ring (bicyclic) bond motifs is 1. The fourth-order valence-corrected chi connectivity index (χ4v) is 9.33. The van der Waals surface area contributed by atoms with Crippen LogP contribution in [0.5, 0.6) is 5.75 Å². The number of nitrogens with zero attached hydrogens (tertiary/aromatic N) is 3. The van der Waals surface area contributed by atoms with E-state index in [1.54, 1.807) is 52.1 Å². The maximum atomic E-state index is 14.8. The topological polar surface area (TPSA) is 242 Å². The molecule has 3 rings (SSSR count). The van der Waals surface area contributed by atoms with Gasteiger partial charge < -0.3 is 55.3 Å². The van der Waals surface area contributed by atoms with E-state index in [1.165, 1.54) is 35.8 Å². The molecule has 0 aliphatic carbocycles. The number of aliphatic hydroxyl groups excluding tert-OH is 1. The minimum Gasteiger partial charge on any atom is -0.497 e. The van der Waals surface area contributed by atoms with E-state index >= 15 is 0 Å². The number of urea groups is 1. The maximum absolute atomic E-state index is 14.8. The van der Waals surface area contributed by atoms with Gasteiger partial charge in [-0.25, -0.2) is 9.59 Å². The van der Waals surface area contributed by atoms with Gasteiger partial charge in [-0.05, 0) is 87.3 Å². The Balaban J connectivity index is 2.23. The number of Topliss-reactive ketones (excluding diaryl/α,β-unsaturated/α-hetero) is 1. The van der Waals surface area contributed by atoms with Crippen LogP contribution < -0.4 is 26.0 Å². The number of carbonyl (C=O) groups excluding carboxylic acids is 8. The highest BCUT2D eigenvalue weighted by molar-refractivity contribution is 6.05. The number of cyclic esters (lactones) is 2. The van der Waals surface area contributed by atoms with Gasteiger partial charge in [0.1, 0.15) is 36.0 Å². The van der Waals surface area contributed by atoms with Crippen LogP contribution in [0.2, 0.25) is 0 Å². The van der Waals surface area contributed by atoms with E-state index in [0.717, 1.165) is 12.8 Å². The number of hydrogen-bond acceptors (Lipinski definition) is 13. The lowest BCUT2D eigenvalue weighted by Gasteiger charge is -2.36. The van der Waals surface area contributed by atoms with Crippen molar-refractivity contribution in [1.29, 1.82) is 0 Å². The molecule has 11 atom stereocenters. The second-order valence-electron chi connectivity index (χ2n) is 21.4. The number of benzene rings is 1. The largest absolute Gasteiger partial charge is 0.497 e. The molecular formula is C54H89N7O12. The first kappa shape index (κ1) is 62.0. The average Bonchev–Trinajstić information content (AvgIpc) is 3.84. The Labute approximate surface area is 434 Å². The second kappa shape index (κ2) is 29.6. The van der Waals surface area contributed by atoms with E-state index in [9.17, 15) is 43.5 Å². The van der Waals surface area contributed by atoms with Crippen LogP contribution in [0.3, 0.4) is 0 Å². The number of likely N-dealkylation sites (N-methyl/N-ethyl adjacent to an activating group) is 2. The van der Waals surface area contributed by atoms with Gasteiger partial charge >= 0.3 is 18.0 Å². The molecule has 6 amide bonds. The summed E-state index contributed by atoms with van der Waals surface area (Å²) in [5.74, 6) is -6.39. The summed E-state index contributed by atoms with van der Waals surface area (Å²) in [6, 6.07) is 0.454. The van der Waals surface area contributed by atoms with Crippen molar-refractivity contribution < 1.29 is 57.7 Å². The Hall–Kier alpha value is -5.30. The number of esters is 2. The third-order valence-corrected chi connectivity index (χ3v) is 14.2. The third-order valence-electron chi connectivity index (χ3n) is 14.2. The summed E-state index contributed by atoms with van der Waals surface area (Å²) in [7, 11) is 4.57. The molecule has 73 heavy (non-hydrogen) atoms. The Morgan fingerprint density at radius 3 is 2.18 bits per heavy atom. The maximum Gasteiger partial charge on any atom is 0.329 e. The van der Waals surface area contributed by atoms with Crippen LogP contribution >= 0.6 is 0 Å². The highest BCUT2D eigenvalue weighted by atomic mass is 16.6. The number of rotatable bonds is 16. The number of hydrogen-bond donors (Lipinski definition) is 5. The van der Waals surface area contributed by atoms with Crippen molar-refractivity contribution in [2.24, 2.45) is 29.6 Å². The average molecular weight is 1030 g/mol. The van der Waals surface area contributed by atoms with Crippen molar-refractivity contribution >= 4 is 47.4 Å². The first-order chi connectivity index (χ1) is 34.4. The summed E-state index contributed by atoms with van der Waals surface area (Å²) >= 11 is 0. The fraction of sp³-hybridized carbons (Fsp3) is 0.741. The molecule has 2 heterocycles. The first-order valence-corrected chi connectivity index (χ1v) is 26.5. The number of amides is 6. The van der Waals surface area contributed by atoms with Gasteiger partial charge in [0, 0.05) is 46.2 Å². The van der Waals surface area contributed by atoms with Gasteiger partial charge in [0.2, 0.25) is 23.6 Å². The van der Waals surface area contributed by atoms with Crippen LogP contribution in [-0.2, 0) is 49.5 Å². The summed E-state index contributed by atoms with van der Waals surface area (Å²) in [6.07, 6.45) is -0.987. The molecule has 1 aromatic carbocycles. The Morgan fingerprint density at radius 1 is 0.945 bits per heavy atom. The van der Waals surface area contributed by atoms with Gasteiger partial charge in [-0.1, -0.05) is 87.3 Å². The highest BCUT2D eigenvalue weighted by Crippen LogP contribution is 2.26. The molecule has 2 aliphatic heterocycles. The lowest BCUT2D eigenvalue weighted by atomic mass is 9.91. The molecule has 19 heteroatoms. The summed E-state index contributed by atoms with van der Waals surface area (Å²) in [4.78, 5) is 118. The van der Waals surface area contributed by atoms with Crippen molar-refractivity contribution in [3.63, 3.8) is 0 Å². The van der Waals surface area contributed by atoms with E-state index in [2.05, 4.69) is 21.3 Å². The predicted molar refractivity (Wildman–Crippen MR) is 277 cm³/mol. The van der Waals surface area contributed by atoms with E-state index in [1.807, 2.05) is 48.5 Å². The molecule has 2 fully saturated rings. The molecule has 0 spiro atoms. The SMILES string of the molecule is CCCCNC(=O)N(C)[C@H](CC(C)C)C(=O)N[C@@H]1CN[C@H]([C@@H](C)CC)[C@@H](O)CC(=O)O[C@@H](C(C)C)C(=O)[C@H](C)C(=O)N[C@@H](CC(C)C)C(=O)N2CCCC2C(=O)N(C)[C@@H](Cc2ccc(OC)cc2)C(=O)O[C@@H]1C. The van der Waals surface area contributed by atoms with Crippen LogP contribution in [0.4, 0.5) is 4.79 Å². The lowest BCUT2D eigenvalue weighted by Crippen LogP contribution is -2.59. The molecule has 1 aromatic rings. The zero-order chi connectivity index (χ0) is 54.9. The predicted octanol–water partition coefficient (Wildman–Crippen LogP) is 4.40. The molecular weight excluding hydrogens is 939 g/mol. The van der Waals surface area contributed by atoms with Crippen LogP contribution in [0.25, 0.3) is 0 Å². The van der Waals surface area contributed by atoms with E-state index < -0.39 is 120 Å². The van der Waals surface area contributed by atoms with Crippen molar-refractivity contribution in [3.8, 4) is 5.75 Å². The number of aliphatic hydroxyl groups is 1. The molecule has 0 radical (unpaired) electrons. The van der Waals surface area contributed by atoms with Gasteiger partial charge in [0.05, 0.1) is 31.6 Å². The number of carbonyl (C=O) groups is 8. The second-order valence-corrected chi connectivity index (χ2v) is 21.4. The minimum atomic E-state index is -1.38. The monoisotopic (exact) mass is 1030 g/mol. The van der Waals surface area contributed by atoms with Crippen LogP contribution in [0, 0.1) is 29.6 Å². The van der Waals surface area contributed by atoms with Crippen LogP contribution in [0.15, 0.2) is 24.3 Å². The summed E-state index contributed by atoms with van der Waals surface area (Å²) in [5, 5.41) is 23.8. The van der Waals surface area contributed by atoms with E-state index in [0.29, 0.717) is 37.1 Å². The van der Waals surface area contributed by atoms with Gasteiger partial charge in [-0.2, -0.15) is 0 Å². The normalized spacial score (nSPS) is 26.5. The quantitative estimate of drug-likeness (QED) is 0.0878. The van der Waals surface area contributed by atoms with E-state index in [-0.39, 0.29) is 50.1 Å². The molecule has 2 aliphatic rings. The van der Waals surface area contributed by atoms with Crippen molar-refractivity contribution in [3.05, 3.63) is 29.8 Å². The summed E-state index contributed by atoms with van der Waals surface area (Å²) in [5.41, 5.74) is 0.669. The number of methoxy groups -OCH3 is 1. The minimum absolute atomic E-state index is 0.00414. The van der Waals surface area contributed by atoms with Crippen molar-refractivity contribution in [2.75, 3.05) is 40.8 Å². The Morgan fingerprint density at radius 2 is 1.60 bits per heavy atom. The van der Waals surface area contributed by atoms with Gasteiger partial charge in [-0.3, -0.25) is 28.8 Å². The third kappa shape index (κ3) is 18.0. The Bertz CT molecular complexity index is 2000. The molecule has 0 aromatic heterocycles. The molecule has 2 saturated heterocycles. The zero-order valence-corrected chi connectivity index (χ0v) is 46.2. The zero-order valence-electron chi connectivity index (χ0n) is 46.2. The molecule has 0 saturated carbocycles. The van der Waals surface area contributed by atoms with Crippen molar-refractivity contribution in [1.82, 2.24) is 36.0 Å². The van der Waals surface area contributed by atoms with Crippen LogP contribution in [0.1, 0.15) is 133 Å². The lowest BCUT2D eigenvalue weighted by molar-refractivity contribution is -0.162. The summed E-state index contributed by atoms with van der Waals surface area (Å²) in [6.45, 7) is 20.3. The van der Waals surface area contributed by atoms with Crippen LogP contribution in [-0.4, -0.2) is 163 Å². The number of unbranched alkanes of at least 4 members (excludes halogenated alkanes) is 1. The smallest absolute Gasteiger partial charge is 0.329 e. The molecule has 0 bridgehead atoms. The Kier molecular flexibility index (Phi) is 25.1. The van der Waals surface area contributed by atoms with E-state index in [4.69, 9.17) is 14.2 Å². The van der Waals surface area contributed by atoms with Crippen molar-refractivity contribution in [2.45, 2.75) is 189 Å². The highest BCUT2D eigenvalue weighted by Gasteiger charge is 2.44. The van der Waals surface area contributed by atoms with Gasteiger partial charge in [-0.15, -0.1) is 0 Å².